The number of hydrogen-bond acceptors (Lipinski definition) is 7. The number of nitrogens with zero attached hydrogens (tertiary/aromatic N) is 3. The van der Waals surface area contributed by atoms with Gasteiger partial charge in [0.25, 0.3) is 0 Å². The number of fused-ring (bicyclic) bond motifs is 1. The highest BCUT2D eigenvalue weighted by Crippen LogP contribution is 2.37. The first-order chi connectivity index (χ1) is 13.7. The number of pyridine rings is 1. The molecular formula is C21H29N5O2S. The van der Waals surface area contributed by atoms with Crippen LogP contribution in [0.4, 0.5) is 16.3 Å². The Balaban J connectivity index is 1.74. The van der Waals surface area contributed by atoms with Crippen molar-refractivity contribution in [3.05, 3.63) is 16.5 Å². The van der Waals surface area contributed by atoms with E-state index in [2.05, 4.69) is 29.3 Å². The molecule has 0 unspecified atom stereocenters. The number of aromatic nitrogens is 1. The second-order valence-corrected chi connectivity index (χ2v) is 9.43. The Labute approximate surface area is 175 Å². The van der Waals surface area contributed by atoms with Gasteiger partial charge in [0.15, 0.2) is 0 Å². The smallest absolute Gasteiger partial charge is 0.407 e. The van der Waals surface area contributed by atoms with E-state index in [-0.39, 0.29) is 12.1 Å². The van der Waals surface area contributed by atoms with Crippen molar-refractivity contribution in [3.63, 3.8) is 0 Å². The normalized spacial score (nSPS) is 15.3. The molecule has 3 N–H and O–H groups in total. The lowest BCUT2D eigenvalue weighted by atomic mass is 10.0. The zero-order chi connectivity index (χ0) is 21.2. The van der Waals surface area contributed by atoms with Gasteiger partial charge in [-0.2, -0.15) is 5.26 Å². The van der Waals surface area contributed by atoms with E-state index in [4.69, 9.17) is 15.5 Å². The molecule has 3 rings (SSSR count). The first kappa shape index (κ1) is 21.2. The van der Waals surface area contributed by atoms with Crippen molar-refractivity contribution < 1.29 is 9.53 Å². The van der Waals surface area contributed by atoms with Crippen molar-refractivity contribution in [2.75, 3.05) is 23.7 Å². The number of rotatable bonds is 4. The fourth-order valence-corrected chi connectivity index (χ4v) is 4.56. The number of amides is 1. The molecule has 29 heavy (non-hydrogen) atoms. The number of thiophene rings is 1. The van der Waals surface area contributed by atoms with Crippen LogP contribution in [-0.4, -0.2) is 35.8 Å². The number of nitrogens with one attached hydrogen (secondary N) is 1. The Morgan fingerprint density at radius 3 is 2.72 bits per heavy atom. The Morgan fingerprint density at radius 2 is 2.14 bits per heavy atom. The maximum absolute atomic E-state index is 12.0. The van der Waals surface area contributed by atoms with Gasteiger partial charge >= 0.3 is 6.09 Å². The molecule has 0 saturated carbocycles. The fourth-order valence-electron chi connectivity index (χ4n) is 3.62. The molecule has 7 nitrogen and oxygen atoms in total. The van der Waals surface area contributed by atoms with Crippen LogP contribution >= 0.6 is 11.3 Å². The first-order valence-corrected chi connectivity index (χ1v) is 10.9. The maximum Gasteiger partial charge on any atom is 0.407 e. The lowest BCUT2D eigenvalue weighted by molar-refractivity contribution is 0.0497. The van der Waals surface area contributed by atoms with Gasteiger partial charge in [-0.05, 0) is 51.7 Å². The van der Waals surface area contributed by atoms with Crippen LogP contribution in [0.1, 0.15) is 57.4 Å². The molecule has 0 bridgehead atoms. The number of alkyl carbamates (subject to hydrolysis) is 1. The maximum atomic E-state index is 12.0. The van der Waals surface area contributed by atoms with E-state index in [9.17, 15) is 10.1 Å². The monoisotopic (exact) mass is 415 g/mol. The standard InChI is InChI=1S/C21H29N5O2S/c1-5-6-13-11-16(25-19-17(13)18(23)15(12-22)29-19)26-9-7-14(8-10-26)24-20(27)28-21(2,3)4/h11,14H,5-10,23H2,1-4H3,(H,24,27). The van der Waals surface area contributed by atoms with Crippen LogP contribution < -0.4 is 16.0 Å². The molecule has 1 saturated heterocycles. The van der Waals surface area contributed by atoms with E-state index >= 15 is 0 Å². The van der Waals surface area contributed by atoms with E-state index in [1.54, 1.807) is 0 Å². The third-order valence-corrected chi connectivity index (χ3v) is 5.93. The number of nitrogens with two attached hydrogens (primary N) is 1. The summed E-state index contributed by atoms with van der Waals surface area (Å²) >= 11 is 1.36. The van der Waals surface area contributed by atoms with Crippen molar-refractivity contribution >= 4 is 39.2 Å². The minimum Gasteiger partial charge on any atom is -0.444 e. The summed E-state index contributed by atoms with van der Waals surface area (Å²) in [6.45, 7) is 9.32. The molecule has 3 heterocycles. The number of nitrogen functional groups attached to an aromatic ring is 1. The molecular weight excluding hydrogens is 386 g/mol. The molecule has 0 atom stereocenters. The number of ether oxygens (including phenoxy) is 1. The van der Waals surface area contributed by atoms with Crippen molar-refractivity contribution in [2.45, 2.75) is 65.0 Å². The van der Waals surface area contributed by atoms with Crippen LogP contribution in [0.15, 0.2) is 6.07 Å². The van der Waals surface area contributed by atoms with Gasteiger partial charge in [-0.3, -0.25) is 0 Å². The van der Waals surface area contributed by atoms with Gasteiger partial charge in [-0.1, -0.05) is 13.3 Å². The van der Waals surface area contributed by atoms with Gasteiger partial charge in [0.2, 0.25) is 0 Å². The summed E-state index contributed by atoms with van der Waals surface area (Å²) in [7, 11) is 0. The van der Waals surface area contributed by atoms with Crippen LogP contribution in [0.3, 0.4) is 0 Å². The summed E-state index contributed by atoms with van der Waals surface area (Å²) in [5.74, 6) is 0.919. The quantitative estimate of drug-likeness (QED) is 0.776. The van der Waals surface area contributed by atoms with Crippen LogP contribution in [-0.2, 0) is 11.2 Å². The molecule has 1 fully saturated rings. The van der Waals surface area contributed by atoms with Crippen molar-refractivity contribution in [1.29, 1.82) is 5.26 Å². The van der Waals surface area contributed by atoms with E-state index < -0.39 is 5.60 Å². The average Bonchev–Trinajstić information content (AvgIpc) is 2.97. The number of aryl methyl sites for hydroxylation is 1. The minimum atomic E-state index is -0.495. The SMILES string of the molecule is CCCc1cc(N2CCC(NC(=O)OC(C)(C)C)CC2)nc2sc(C#N)c(N)c12. The number of nitriles is 1. The number of carbonyl (C=O) groups excluding carboxylic acids is 1. The van der Waals surface area contributed by atoms with Gasteiger partial charge in [0, 0.05) is 24.5 Å². The minimum absolute atomic E-state index is 0.0996. The Hall–Kier alpha value is -2.53. The highest BCUT2D eigenvalue weighted by atomic mass is 32.1. The van der Waals surface area contributed by atoms with Crippen LogP contribution in [0.25, 0.3) is 10.2 Å². The lowest BCUT2D eigenvalue weighted by Crippen LogP contribution is -2.46. The summed E-state index contributed by atoms with van der Waals surface area (Å²) in [6, 6.07) is 4.39. The molecule has 1 aliphatic heterocycles. The van der Waals surface area contributed by atoms with Crippen LogP contribution in [0.5, 0.6) is 0 Å². The molecule has 2 aromatic rings. The summed E-state index contributed by atoms with van der Waals surface area (Å²) in [4.78, 5) is 20.4. The molecule has 0 aliphatic carbocycles. The Bertz CT molecular complexity index is 933. The van der Waals surface area contributed by atoms with Crippen LogP contribution in [0, 0.1) is 11.3 Å². The number of anilines is 2. The van der Waals surface area contributed by atoms with Crippen LogP contribution in [0.2, 0.25) is 0 Å². The molecule has 0 spiro atoms. The molecule has 1 amide bonds. The number of hydrogen-bond donors (Lipinski definition) is 2. The second-order valence-electron chi connectivity index (χ2n) is 8.43. The summed E-state index contributed by atoms with van der Waals surface area (Å²) < 4.78 is 5.35. The van der Waals surface area contributed by atoms with Gasteiger partial charge in [0.1, 0.15) is 27.2 Å². The van der Waals surface area contributed by atoms with Gasteiger partial charge < -0.3 is 20.7 Å². The zero-order valence-electron chi connectivity index (χ0n) is 17.5. The molecule has 156 valence electrons. The Kier molecular flexibility index (Phi) is 6.18. The third-order valence-electron chi connectivity index (χ3n) is 4.93. The zero-order valence-corrected chi connectivity index (χ0v) is 18.4. The number of piperidine rings is 1. The Morgan fingerprint density at radius 1 is 1.45 bits per heavy atom. The topological polar surface area (TPSA) is 104 Å². The summed E-state index contributed by atoms with van der Waals surface area (Å²) in [5, 5.41) is 13.2. The van der Waals surface area contributed by atoms with Crippen molar-refractivity contribution in [1.82, 2.24) is 10.3 Å². The van der Waals surface area contributed by atoms with E-state index in [1.807, 2.05) is 20.8 Å². The largest absolute Gasteiger partial charge is 0.444 e. The fraction of sp³-hybridized carbons (Fsp3) is 0.571. The average molecular weight is 416 g/mol. The molecule has 0 aromatic carbocycles. The highest BCUT2D eigenvalue weighted by molar-refractivity contribution is 7.19. The third kappa shape index (κ3) is 4.91. The lowest BCUT2D eigenvalue weighted by Gasteiger charge is -2.33. The van der Waals surface area contributed by atoms with Gasteiger partial charge in [-0.25, -0.2) is 9.78 Å². The van der Waals surface area contributed by atoms with Crippen molar-refractivity contribution in [3.8, 4) is 6.07 Å². The van der Waals surface area contributed by atoms with Crippen molar-refractivity contribution in [2.24, 2.45) is 0 Å². The molecule has 0 radical (unpaired) electrons. The summed E-state index contributed by atoms with van der Waals surface area (Å²) in [5.41, 5.74) is 7.41. The second kappa shape index (κ2) is 8.46. The van der Waals surface area contributed by atoms with Gasteiger partial charge in [-0.15, -0.1) is 11.3 Å². The number of carbonyl (C=O) groups is 1. The van der Waals surface area contributed by atoms with E-state index in [0.29, 0.717) is 10.6 Å². The highest BCUT2D eigenvalue weighted by Gasteiger charge is 2.25. The predicted octanol–water partition coefficient (Wildman–Crippen LogP) is 4.20. The predicted molar refractivity (Wildman–Crippen MR) is 117 cm³/mol. The van der Waals surface area contributed by atoms with E-state index in [0.717, 1.165) is 60.4 Å². The molecule has 1 aliphatic rings. The van der Waals surface area contributed by atoms with E-state index in [1.165, 1.54) is 11.3 Å². The summed E-state index contributed by atoms with van der Waals surface area (Å²) in [6.07, 6.45) is 3.20. The molecule has 2 aromatic heterocycles. The molecule has 8 heteroatoms. The van der Waals surface area contributed by atoms with Gasteiger partial charge in [0.05, 0.1) is 5.69 Å². The first-order valence-electron chi connectivity index (χ1n) is 10.1.